The summed E-state index contributed by atoms with van der Waals surface area (Å²) in [7, 11) is 0. The van der Waals surface area contributed by atoms with Crippen molar-refractivity contribution in [3.63, 3.8) is 0 Å². The van der Waals surface area contributed by atoms with E-state index in [9.17, 15) is 4.79 Å². The lowest BCUT2D eigenvalue weighted by Crippen LogP contribution is -2.30. The molecule has 1 unspecified atom stereocenters. The normalized spacial score (nSPS) is 12.7. The lowest BCUT2D eigenvalue weighted by molar-refractivity contribution is 0.0935. The van der Waals surface area contributed by atoms with E-state index in [1.165, 1.54) is 0 Å². The molecule has 0 spiro atoms. The Kier molecular flexibility index (Phi) is 5.72. The largest absolute Gasteiger partial charge is 0.342 e. The second-order valence-corrected chi connectivity index (χ2v) is 8.51. The topological polar surface area (TPSA) is 90.0 Å². The number of amides is 1. The van der Waals surface area contributed by atoms with Gasteiger partial charge < -0.3 is 5.32 Å². The predicted molar refractivity (Wildman–Crippen MR) is 119 cm³/mol. The van der Waals surface area contributed by atoms with E-state index < -0.39 is 0 Å². The smallest absolute Gasteiger partial charge is 0.252 e. The maximum atomic E-state index is 13.4. The van der Waals surface area contributed by atoms with Gasteiger partial charge in [-0.05, 0) is 57.4 Å². The molecule has 9 heteroatoms. The molecule has 4 heterocycles. The average molecular weight is 424 g/mol. The van der Waals surface area contributed by atoms with Crippen molar-refractivity contribution in [3.8, 4) is 0 Å². The zero-order valence-corrected chi connectivity index (χ0v) is 18.3. The van der Waals surface area contributed by atoms with Gasteiger partial charge in [0.15, 0.2) is 17.1 Å². The number of carbonyl (C=O) groups excluding carboxylic acids is 1. The summed E-state index contributed by atoms with van der Waals surface area (Å²) >= 11 is 1.73. The molecule has 0 radical (unpaired) electrons. The van der Waals surface area contributed by atoms with E-state index in [4.69, 9.17) is 0 Å². The molecule has 0 aliphatic rings. The van der Waals surface area contributed by atoms with Gasteiger partial charge in [0.05, 0.1) is 23.2 Å². The predicted octanol–water partition coefficient (Wildman–Crippen LogP) is 3.59. The summed E-state index contributed by atoms with van der Waals surface area (Å²) in [6.45, 7) is 5.99. The highest BCUT2D eigenvalue weighted by molar-refractivity contribution is 7.98. The minimum atomic E-state index is -0.258. The van der Waals surface area contributed by atoms with Gasteiger partial charge in [-0.15, -0.1) is 10.2 Å². The molecule has 0 saturated carbocycles. The lowest BCUT2D eigenvalue weighted by atomic mass is 10.1. The molecule has 4 rings (SSSR count). The van der Waals surface area contributed by atoms with E-state index >= 15 is 0 Å². The SMILES string of the molecule is CSCCC(NC(=O)c1cc(C)nc2c1cnn2C(C)C)c1nnc2ccccn12. The Bertz CT molecular complexity index is 1200. The van der Waals surface area contributed by atoms with Gasteiger partial charge in [0.25, 0.3) is 5.91 Å². The molecule has 0 saturated heterocycles. The van der Waals surface area contributed by atoms with E-state index in [0.29, 0.717) is 5.56 Å². The molecule has 8 nitrogen and oxygen atoms in total. The summed E-state index contributed by atoms with van der Waals surface area (Å²) in [5, 5.41) is 17.0. The number of hydrogen-bond donors (Lipinski definition) is 1. The summed E-state index contributed by atoms with van der Waals surface area (Å²) in [4.78, 5) is 18.0. The van der Waals surface area contributed by atoms with Crippen LogP contribution in [0.15, 0.2) is 36.7 Å². The molecule has 4 aromatic heterocycles. The van der Waals surface area contributed by atoms with Crippen molar-refractivity contribution in [1.82, 2.24) is 34.7 Å². The van der Waals surface area contributed by atoms with Crippen molar-refractivity contribution in [2.75, 3.05) is 12.0 Å². The van der Waals surface area contributed by atoms with Gasteiger partial charge >= 0.3 is 0 Å². The summed E-state index contributed by atoms with van der Waals surface area (Å²) in [5.74, 6) is 1.46. The van der Waals surface area contributed by atoms with Crippen LogP contribution >= 0.6 is 11.8 Å². The minimum Gasteiger partial charge on any atom is -0.342 e. The Hall–Kier alpha value is -2.94. The highest BCUT2D eigenvalue weighted by atomic mass is 32.2. The first kappa shape index (κ1) is 20.3. The summed E-state index contributed by atoms with van der Waals surface area (Å²) < 4.78 is 3.77. The first-order chi connectivity index (χ1) is 14.5. The fraction of sp³-hybridized carbons (Fsp3) is 0.381. The number of carbonyl (C=O) groups is 1. The van der Waals surface area contributed by atoms with Crippen LogP contribution in [-0.4, -0.2) is 47.3 Å². The van der Waals surface area contributed by atoms with E-state index in [2.05, 4.69) is 31.9 Å². The van der Waals surface area contributed by atoms with Crippen LogP contribution < -0.4 is 5.32 Å². The van der Waals surface area contributed by atoms with Crippen LogP contribution in [0.2, 0.25) is 0 Å². The summed E-state index contributed by atoms with van der Waals surface area (Å²) in [5.41, 5.74) is 2.84. The van der Waals surface area contributed by atoms with Gasteiger partial charge in [0, 0.05) is 17.9 Å². The first-order valence-corrected chi connectivity index (χ1v) is 11.3. The number of hydrogen-bond acceptors (Lipinski definition) is 6. The number of fused-ring (bicyclic) bond motifs is 2. The Morgan fingerprint density at radius 3 is 2.87 bits per heavy atom. The maximum Gasteiger partial charge on any atom is 0.252 e. The van der Waals surface area contributed by atoms with Gasteiger partial charge in [0.1, 0.15) is 0 Å². The van der Waals surface area contributed by atoms with Crippen LogP contribution in [0, 0.1) is 6.92 Å². The van der Waals surface area contributed by atoms with Crippen LogP contribution in [0.25, 0.3) is 16.7 Å². The zero-order valence-electron chi connectivity index (χ0n) is 17.5. The molecular formula is C21H25N7OS. The van der Waals surface area contributed by atoms with Crippen LogP contribution in [0.5, 0.6) is 0 Å². The van der Waals surface area contributed by atoms with Gasteiger partial charge in [-0.1, -0.05) is 6.07 Å². The first-order valence-electron chi connectivity index (χ1n) is 9.94. The quantitative estimate of drug-likeness (QED) is 0.489. The van der Waals surface area contributed by atoms with Crippen molar-refractivity contribution in [2.24, 2.45) is 0 Å². The summed E-state index contributed by atoms with van der Waals surface area (Å²) in [6, 6.07) is 7.48. The zero-order chi connectivity index (χ0) is 21.3. The Labute approximate surface area is 179 Å². The molecule has 0 aliphatic carbocycles. The monoisotopic (exact) mass is 423 g/mol. The highest BCUT2D eigenvalue weighted by Gasteiger charge is 2.23. The number of pyridine rings is 2. The van der Waals surface area contributed by atoms with Crippen LogP contribution in [0.3, 0.4) is 0 Å². The molecule has 0 bridgehead atoms. The molecule has 1 N–H and O–H groups in total. The second-order valence-electron chi connectivity index (χ2n) is 7.53. The van der Waals surface area contributed by atoms with Crippen molar-refractivity contribution in [1.29, 1.82) is 0 Å². The van der Waals surface area contributed by atoms with Crippen molar-refractivity contribution in [3.05, 3.63) is 53.7 Å². The van der Waals surface area contributed by atoms with E-state index in [1.54, 1.807) is 18.0 Å². The maximum absolute atomic E-state index is 13.4. The lowest BCUT2D eigenvalue weighted by Gasteiger charge is -2.17. The Morgan fingerprint density at radius 1 is 1.27 bits per heavy atom. The van der Waals surface area contributed by atoms with E-state index in [0.717, 1.165) is 40.4 Å². The molecular weight excluding hydrogens is 398 g/mol. The molecule has 0 aromatic carbocycles. The van der Waals surface area contributed by atoms with Gasteiger partial charge in [-0.2, -0.15) is 16.9 Å². The number of rotatable bonds is 7. The fourth-order valence-corrected chi connectivity index (χ4v) is 4.02. The Balaban J connectivity index is 1.71. The average Bonchev–Trinajstić information content (AvgIpc) is 3.34. The molecule has 1 amide bonds. The third-order valence-corrected chi connectivity index (χ3v) is 5.64. The second kappa shape index (κ2) is 8.43. The van der Waals surface area contributed by atoms with Crippen molar-refractivity contribution in [2.45, 2.75) is 39.3 Å². The van der Waals surface area contributed by atoms with Crippen molar-refractivity contribution >= 4 is 34.3 Å². The molecule has 30 heavy (non-hydrogen) atoms. The Morgan fingerprint density at radius 2 is 2.10 bits per heavy atom. The fourth-order valence-electron chi connectivity index (χ4n) is 3.54. The van der Waals surface area contributed by atoms with Crippen LogP contribution in [-0.2, 0) is 0 Å². The summed E-state index contributed by atoms with van der Waals surface area (Å²) in [6.07, 6.45) is 6.45. The van der Waals surface area contributed by atoms with Crippen molar-refractivity contribution < 1.29 is 4.79 Å². The molecule has 1 atom stereocenters. The molecule has 0 fully saturated rings. The third kappa shape index (κ3) is 3.77. The minimum absolute atomic E-state index is 0.157. The van der Waals surface area contributed by atoms with Gasteiger partial charge in [-0.25, -0.2) is 9.67 Å². The number of nitrogens with zero attached hydrogens (tertiary/aromatic N) is 6. The molecule has 4 aromatic rings. The number of aryl methyl sites for hydroxylation is 1. The van der Waals surface area contributed by atoms with Crippen LogP contribution in [0.1, 0.15) is 54.2 Å². The van der Waals surface area contributed by atoms with E-state index in [-0.39, 0.29) is 18.0 Å². The highest BCUT2D eigenvalue weighted by Crippen LogP contribution is 2.23. The standard InChI is InChI=1S/C21H25N7OS/c1-13(2)28-19-16(12-22-28)15(11-14(3)23-19)21(29)24-17(8-10-30-4)20-26-25-18-7-5-6-9-27(18)20/h5-7,9,11-13,17H,8,10H2,1-4H3,(H,24,29). The van der Waals surface area contributed by atoms with E-state index in [1.807, 2.05) is 60.3 Å². The number of thioether (sulfide) groups is 1. The number of nitrogens with one attached hydrogen (secondary N) is 1. The number of aromatic nitrogens is 6. The van der Waals surface area contributed by atoms with Crippen LogP contribution in [0.4, 0.5) is 0 Å². The van der Waals surface area contributed by atoms with Gasteiger partial charge in [-0.3, -0.25) is 9.20 Å². The molecule has 0 aliphatic heterocycles. The third-order valence-electron chi connectivity index (χ3n) is 5.00. The van der Waals surface area contributed by atoms with Gasteiger partial charge in [0.2, 0.25) is 0 Å². The molecule has 156 valence electrons.